The zero-order chi connectivity index (χ0) is 27.4. The van der Waals surface area contributed by atoms with Gasteiger partial charge in [-0.25, -0.2) is 17.9 Å². The number of anilines is 2. The summed E-state index contributed by atoms with van der Waals surface area (Å²) in [5.41, 5.74) is 4.54. The molecule has 198 valence electrons. The lowest BCUT2D eigenvalue weighted by Gasteiger charge is -2.16. The molecular weight excluding hydrogens is 504 g/mol. The Labute approximate surface area is 222 Å². The number of methoxy groups -OCH3 is 1. The van der Waals surface area contributed by atoms with Crippen molar-refractivity contribution in [2.75, 3.05) is 44.9 Å². The number of nitrogens with one attached hydrogen (secondary N) is 3. The molecule has 0 unspecified atom stereocenters. The fraction of sp³-hybridized carbons (Fsp3) is 0.214. The summed E-state index contributed by atoms with van der Waals surface area (Å²) in [6.07, 6.45) is 0. The third-order valence-corrected chi connectivity index (χ3v) is 7.59. The summed E-state index contributed by atoms with van der Waals surface area (Å²) in [5, 5.41) is 6.17. The summed E-state index contributed by atoms with van der Waals surface area (Å²) in [5.74, 6) is -0.804. The number of nitrogens with zero attached hydrogens (tertiary/aromatic N) is 1. The van der Waals surface area contributed by atoms with Crippen LogP contribution in [0.25, 0.3) is 11.3 Å². The van der Waals surface area contributed by atoms with Crippen LogP contribution in [0.3, 0.4) is 0 Å². The van der Waals surface area contributed by atoms with Gasteiger partial charge < -0.3 is 20.3 Å². The highest BCUT2D eigenvalue weighted by atomic mass is 32.2. The van der Waals surface area contributed by atoms with Crippen molar-refractivity contribution in [3.63, 3.8) is 0 Å². The van der Waals surface area contributed by atoms with Crippen LogP contribution in [0.15, 0.2) is 71.6 Å². The molecule has 3 aromatic rings. The van der Waals surface area contributed by atoms with E-state index in [2.05, 4.69) is 15.4 Å². The highest BCUT2D eigenvalue weighted by Gasteiger charge is 2.30. The van der Waals surface area contributed by atoms with Crippen molar-refractivity contribution in [1.82, 2.24) is 9.62 Å². The van der Waals surface area contributed by atoms with Crippen LogP contribution >= 0.6 is 0 Å². The summed E-state index contributed by atoms with van der Waals surface area (Å²) in [6.45, 7) is 2.66. The molecule has 1 aliphatic rings. The molecule has 0 aliphatic carbocycles. The molecule has 38 heavy (non-hydrogen) atoms. The molecule has 0 atom stereocenters. The largest absolute Gasteiger partial charge is 0.465 e. The first kappa shape index (κ1) is 27.1. The van der Waals surface area contributed by atoms with E-state index in [0.717, 1.165) is 5.56 Å². The Bertz CT molecular complexity index is 1500. The maximum atomic E-state index is 13.2. The van der Waals surface area contributed by atoms with Gasteiger partial charge in [0.15, 0.2) is 0 Å². The van der Waals surface area contributed by atoms with Crippen molar-refractivity contribution >= 4 is 44.5 Å². The Hall–Kier alpha value is -3.99. The average Bonchev–Trinajstić information content (AvgIpc) is 3.21. The van der Waals surface area contributed by atoms with E-state index >= 15 is 0 Å². The van der Waals surface area contributed by atoms with Crippen molar-refractivity contribution in [1.29, 1.82) is 0 Å². The van der Waals surface area contributed by atoms with Crippen molar-refractivity contribution in [2.45, 2.75) is 11.8 Å². The van der Waals surface area contributed by atoms with E-state index in [1.807, 2.05) is 49.3 Å². The number of ether oxygens (including phenoxy) is 1. The lowest BCUT2D eigenvalue weighted by Crippen LogP contribution is -2.31. The second kappa shape index (κ2) is 11.2. The second-order valence-electron chi connectivity index (χ2n) is 9.12. The normalized spacial score (nSPS) is 14.2. The van der Waals surface area contributed by atoms with Crippen molar-refractivity contribution < 1.29 is 22.7 Å². The summed E-state index contributed by atoms with van der Waals surface area (Å²) >= 11 is 0. The van der Waals surface area contributed by atoms with E-state index in [-0.39, 0.29) is 10.8 Å². The van der Waals surface area contributed by atoms with Gasteiger partial charge in [0, 0.05) is 24.3 Å². The molecule has 9 nitrogen and oxygen atoms in total. The standard InChI is InChI=1S/C28H30N4O5S/c1-18-16-23-24(17-22(18)28(34)37-4)31-27(33)25(23)26(19-8-6-5-7-9-19)30-20-10-12-21(13-11-20)38(35,36)29-14-15-32(2)3/h5-13,16-17,29-30H,14-15H2,1-4H3,(H,31,33)/b26-25-. The van der Waals surface area contributed by atoms with Crippen LogP contribution in [-0.4, -0.2) is 59.5 Å². The molecule has 0 bridgehead atoms. The minimum atomic E-state index is -3.65. The fourth-order valence-corrected chi connectivity index (χ4v) is 5.16. The van der Waals surface area contributed by atoms with E-state index < -0.39 is 16.0 Å². The highest BCUT2D eigenvalue weighted by Crippen LogP contribution is 2.39. The topological polar surface area (TPSA) is 117 Å². The van der Waals surface area contributed by atoms with Gasteiger partial charge >= 0.3 is 5.97 Å². The number of aryl methyl sites for hydroxylation is 1. The number of carbonyl (C=O) groups excluding carboxylic acids is 2. The molecule has 0 saturated heterocycles. The van der Waals surface area contributed by atoms with Crippen molar-refractivity contribution in [3.05, 3.63) is 89.0 Å². The predicted molar refractivity (Wildman–Crippen MR) is 148 cm³/mol. The monoisotopic (exact) mass is 534 g/mol. The molecule has 0 spiro atoms. The Morgan fingerprint density at radius 3 is 2.34 bits per heavy atom. The zero-order valence-electron chi connectivity index (χ0n) is 21.7. The predicted octanol–water partition coefficient (Wildman–Crippen LogP) is 3.55. The van der Waals surface area contributed by atoms with Crippen LogP contribution in [0.1, 0.15) is 27.0 Å². The van der Waals surface area contributed by atoms with E-state index in [0.29, 0.717) is 52.4 Å². The molecule has 3 N–H and O–H groups in total. The van der Waals surface area contributed by atoms with Gasteiger partial charge in [-0.15, -0.1) is 0 Å². The van der Waals surface area contributed by atoms with Gasteiger partial charge in [-0.3, -0.25) is 4.79 Å². The number of esters is 1. The SMILES string of the molecule is COC(=O)c1cc2c(cc1C)/C(=C(/Nc1ccc(S(=O)(=O)NCCN(C)C)cc1)c1ccccc1)C(=O)N2. The Balaban J connectivity index is 1.72. The average molecular weight is 535 g/mol. The molecule has 4 rings (SSSR count). The second-order valence-corrected chi connectivity index (χ2v) is 10.9. The van der Waals surface area contributed by atoms with E-state index in [4.69, 9.17) is 4.74 Å². The summed E-state index contributed by atoms with van der Waals surface area (Å²) in [4.78, 5) is 27.4. The Kier molecular flexibility index (Phi) is 7.96. The number of amides is 1. The number of hydrogen-bond donors (Lipinski definition) is 3. The van der Waals surface area contributed by atoms with Gasteiger partial charge in [0.05, 0.1) is 34.5 Å². The van der Waals surface area contributed by atoms with Gasteiger partial charge in [-0.05, 0) is 68.5 Å². The lowest BCUT2D eigenvalue weighted by atomic mass is 9.96. The first-order valence-electron chi connectivity index (χ1n) is 12.0. The van der Waals surface area contributed by atoms with Crippen LogP contribution in [0.4, 0.5) is 11.4 Å². The van der Waals surface area contributed by atoms with Crippen LogP contribution in [0.5, 0.6) is 0 Å². The maximum absolute atomic E-state index is 13.2. The van der Waals surface area contributed by atoms with Gasteiger partial charge in [0.1, 0.15) is 0 Å². The van der Waals surface area contributed by atoms with Gasteiger partial charge in [0.2, 0.25) is 10.0 Å². The number of fused-ring (bicyclic) bond motifs is 1. The minimum Gasteiger partial charge on any atom is -0.465 e. The first-order chi connectivity index (χ1) is 18.1. The molecule has 10 heteroatoms. The first-order valence-corrected chi connectivity index (χ1v) is 13.4. The van der Waals surface area contributed by atoms with Gasteiger partial charge in [-0.2, -0.15) is 0 Å². The van der Waals surface area contributed by atoms with Crippen LogP contribution < -0.4 is 15.4 Å². The van der Waals surface area contributed by atoms with Crippen molar-refractivity contribution in [2.24, 2.45) is 0 Å². The molecule has 1 heterocycles. The van der Waals surface area contributed by atoms with Crippen LogP contribution in [-0.2, 0) is 19.6 Å². The quantitative estimate of drug-likeness (QED) is 0.284. The Morgan fingerprint density at radius 2 is 1.71 bits per heavy atom. The molecule has 0 radical (unpaired) electrons. The fourth-order valence-electron chi connectivity index (χ4n) is 4.14. The molecule has 3 aromatic carbocycles. The van der Waals surface area contributed by atoms with Crippen LogP contribution in [0.2, 0.25) is 0 Å². The van der Waals surface area contributed by atoms with Crippen LogP contribution in [0, 0.1) is 6.92 Å². The van der Waals surface area contributed by atoms with Gasteiger partial charge in [0.25, 0.3) is 5.91 Å². The lowest BCUT2D eigenvalue weighted by molar-refractivity contribution is -0.110. The number of hydrogen-bond acceptors (Lipinski definition) is 7. The van der Waals surface area contributed by atoms with Gasteiger partial charge in [-0.1, -0.05) is 30.3 Å². The number of rotatable bonds is 9. The van der Waals surface area contributed by atoms with E-state index in [1.54, 1.807) is 31.2 Å². The molecule has 0 aromatic heterocycles. The highest BCUT2D eigenvalue weighted by molar-refractivity contribution is 7.89. The molecule has 0 saturated carbocycles. The minimum absolute atomic E-state index is 0.144. The zero-order valence-corrected chi connectivity index (χ0v) is 22.5. The molecule has 0 fully saturated rings. The third kappa shape index (κ3) is 5.77. The van der Waals surface area contributed by atoms with Crippen molar-refractivity contribution in [3.8, 4) is 0 Å². The molecule has 1 aliphatic heterocycles. The summed E-state index contributed by atoms with van der Waals surface area (Å²) in [6, 6.07) is 19.1. The number of carbonyl (C=O) groups is 2. The summed E-state index contributed by atoms with van der Waals surface area (Å²) < 4.78 is 32.7. The molecule has 1 amide bonds. The third-order valence-electron chi connectivity index (χ3n) is 6.11. The number of sulfonamides is 1. The number of likely N-dealkylation sites (N-methyl/N-ethyl adjacent to an activating group) is 1. The summed E-state index contributed by atoms with van der Waals surface area (Å²) in [7, 11) is 1.40. The smallest absolute Gasteiger partial charge is 0.338 e. The number of benzene rings is 3. The van der Waals surface area contributed by atoms with E-state index in [1.165, 1.54) is 19.2 Å². The van der Waals surface area contributed by atoms with E-state index in [9.17, 15) is 18.0 Å². The Morgan fingerprint density at radius 1 is 1.03 bits per heavy atom. The molecular formula is C28H30N4O5S. The maximum Gasteiger partial charge on any atom is 0.338 e.